The van der Waals surface area contributed by atoms with Crippen LogP contribution in [0.15, 0.2) is 43.0 Å². The van der Waals surface area contributed by atoms with Gasteiger partial charge in [0.2, 0.25) is 0 Å². The standard InChI is InChI=1S/C13H16O3/c1-3-11(10-16-13(14)15-4-2)12-8-6-5-7-9-12/h3,5-9,11H,1,4,10H2,2H3/t11-/m0/s1. The van der Waals surface area contributed by atoms with Gasteiger partial charge in [-0.1, -0.05) is 36.4 Å². The molecular weight excluding hydrogens is 204 g/mol. The number of carbonyl (C=O) groups is 1. The fraction of sp³-hybridized carbons (Fsp3) is 0.308. The number of benzene rings is 1. The number of rotatable bonds is 5. The molecule has 0 aromatic heterocycles. The minimum absolute atomic E-state index is 0.00519. The summed E-state index contributed by atoms with van der Waals surface area (Å²) >= 11 is 0. The van der Waals surface area contributed by atoms with Crippen molar-refractivity contribution in [2.24, 2.45) is 0 Å². The lowest BCUT2D eigenvalue weighted by Gasteiger charge is -2.12. The van der Waals surface area contributed by atoms with Gasteiger partial charge in [-0.25, -0.2) is 4.79 Å². The topological polar surface area (TPSA) is 35.5 Å². The minimum Gasteiger partial charge on any atom is -0.435 e. The van der Waals surface area contributed by atoms with Gasteiger partial charge in [0, 0.05) is 5.92 Å². The summed E-state index contributed by atoms with van der Waals surface area (Å²) in [5.41, 5.74) is 1.07. The normalized spacial score (nSPS) is 11.6. The lowest BCUT2D eigenvalue weighted by Crippen LogP contribution is -2.12. The Morgan fingerprint density at radius 1 is 1.38 bits per heavy atom. The Bertz CT molecular complexity index is 332. The number of hydrogen-bond acceptors (Lipinski definition) is 3. The van der Waals surface area contributed by atoms with E-state index in [-0.39, 0.29) is 12.5 Å². The average molecular weight is 220 g/mol. The van der Waals surface area contributed by atoms with Gasteiger partial charge in [0.25, 0.3) is 0 Å². The lowest BCUT2D eigenvalue weighted by molar-refractivity contribution is 0.0573. The second-order valence-electron chi connectivity index (χ2n) is 3.25. The zero-order valence-corrected chi connectivity index (χ0v) is 9.39. The van der Waals surface area contributed by atoms with E-state index in [4.69, 9.17) is 4.74 Å². The van der Waals surface area contributed by atoms with Gasteiger partial charge >= 0.3 is 6.16 Å². The molecular formula is C13H16O3. The first-order valence-corrected chi connectivity index (χ1v) is 5.25. The molecule has 0 saturated heterocycles. The van der Waals surface area contributed by atoms with E-state index < -0.39 is 6.16 Å². The highest BCUT2D eigenvalue weighted by Gasteiger charge is 2.10. The highest BCUT2D eigenvalue weighted by molar-refractivity contribution is 5.59. The summed E-state index contributed by atoms with van der Waals surface area (Å²) in [5, 5.41) is 0. The molecule has 0 spiro atoms. The summed E-state index contributed by atoms with van der Waals surface area (Å²) < 4.78 is 9.63. The largest absolute Gasteiger partial charge is 0.508 e. The molecule has 0 aliphatic heterocycles. The van der Waals surface area contributed by atoms with Gasteiger partial charge in [0.1, 0.15) is 6.61 Å². The Balaban J connectivity index is 2.50. The Hall–Kier alpha value is -1.77. The molecule has 1 rings (SSSR count). The van der Waals surface area contributed by atoms with Crippen LogP contribution in [0, 0.1) is 0 Å². The molecule has 1 aromatic rings. The molecule has 1 aromatic carbocycles. The number of carbonyl (C=O) groups excluding carboxylic acids is 1. The summed E-state index contributed by atoms with van der Waals surface area (Å²) in [4.78, 5) is 11.0. The molecule has 0 unspecified atom stereocenters. The Morgan fingerprint density at radius 2 is 2.06 bits per heavy atom. The van der Waals surface area contributed by atoms with Crippen molar-refractivity contribution in [1.29, 1.82) is 0 Å². The third kappa shape index (κ3) is 3.77. The average Bonchev–Trinajstić information content (AvgIpc) is 2.31. The summed E-state index contributed by atoms with van der Waals surface area (Å²) in [6, 6.07) is 9.77. The van der Waals surface area contributed by atoms with Crippen molar-refractivity contribution in [1.82, 2.24) is 0 Å². The summed E-state index contributed by atoms with van der Waals surface area (Å²) in [5.74, 6) is 0.00519. The van der Waals surface area contributed by atoms with Crippen molar-refractivity contribution in [3.63, 3.8) is 0 Å². The molecule has 1 atom stereocenters. The van der Waals surface area contributed by atoms with Crippen molar-refractivity contribution in [3.05, 3.63) is 48.6 Å². The molecule has 0 radical (unpaired) electrons. The van der Waals surface area contributed by atoms with Crippen molar-refractivity contribution in [3.8, 4) is 0 Å². The maximum atomic E-state index is 11.0. The molecule has 16 heavy (non-hydrogen) atoms. The molecule has 0 bridgehead atoms. The van der Waals surface area contributed by atoms with E-state index >= 15 is 0 Å². The maximum absolute atomic E-state index is 11.0. The first-order chi connectivity index (χ1) is 7.77. The SMILES string of the molecule is C=C[C@@H](COC(=O)OCC)c1ccccc1. The highest BCUT2D eigenvalue weighted by atomic mass is 16.7. The van der Waals surface area contributed by atoms with Crippen molar-refractivity contribution < 1.29 is 14.3 Å². The van der Waals surface area contributed by atoms with Crippen LogP contribution in [-0.2, 0) is 9.47 Å². The second kappa shape index (κ2) is 6.67. The van der Waals surface area contributed by atoms with E-state index in [1.165, 1.54) is 0 Å². The molecule has 0 aliphatic carbocycles. The summed E-state index contributed by atoms with van der Waals surface area (Å²) in [7, 11) is 0. The van der Waals surface area contributed by atoms with E-state index in [1.807, 2.05) is 30.3 Å². The van der Waals surface area contributed by atoms with Crippen LogP contribution in [0.3, 0.4) is 0 Å². The molecule has 0 heterocycles. The molecule has 0 amide bonds. The van der Waals surface area contributed by atoms with Gasteiger partial charge in [-0.05, 0) is 12.5 Å². The van der Waals surface area contributed by atoms with Crippen molar-refractivity contribution in [2.45, 2.75) is 12.8 Å². The predicted octanol–water partition coefficient (Wildman–Crippen LogP) is 3.13. The fourth-order valence-corrected chi connectivity index (χ4v) is 1.32. The van der Waals surface area contributed by atoms with Crippen LogP contribution in [0.4, 0.5) is 4.79 Å². The number of hydrogen-bond donors (Lipinski definition) is 0. The predicted molar refractivity (Wildman–Crippen MR) is 62.4 cm³/mol. The van der Waals surface area contributed by atoms with Gasteiger partial charge in [-0.2, -0.15) is 0 Å². The fourth-order valence-electron chi connectivity index (χ4n) is 1.32. The molecule has 0 aliphatic rings. The van der Waals surface area contributed by atoms with Gasteiger partial charge in [-0.3, -0.25) is 0 Å². The van der Waals surface area contributed by atoms with Crippen LogP contribution in [0.25, 0.3) is 0 Å². The second-order valence-corrected chi connectivity index (χ2v) is 3.25. The van der Waals surface area contributed by atoms with Gasteiger partial charge in [0.05, 0.1) is 6.61 Å². The monoisotopic (exact) mass is 220 g/mol. The summed E-state index contributed by atoms with van der Waals surface area (Å²) in [6.07, 6.45) is 1.12. The van der Waals surface area contributed by atoms with Crippen LogP contribution in [0.5, 0.6) is 0 Å². The van der Waals surface area contributed by atoms with E-state index in [0.717, 1.165) is 5.56 Å². The highest BCUT2D eigenvalue weighted by Crippen LogP contribution is 2.16. The van der Waals surface area contributed by atoms with E-state index in [9.17, 15) is 4.79 Å². The molecule has 0 saturated carbocycles. The van der Waals surface area contributed by atoms with Crippen molar-refractivity contribution >= 4 is 6.16 Å². The van der Waals surface area contributed by atoms with Gasteiger partial charge in [-0.15, -0.1) is 6.58 Å². The van der Waals surface area contributed by atoms with E-state index in [2.05, 4.69) is 11.3 Å². The third-order valence-corrected chi connectivity index (χ3v) is 2.16. The van der Waals surface area contributed by atoms with Crippen LogP contribution in [-0.4, -0.2) is 19.4 Å². The molecule has 3 nitrogen and oxygen atoms in total. The molecule has 0 N–H and O–H groups in total. The molecule has 0 fully saturated rings. The molecule has 86 valence electrons. The quantitative estimate of drug-likeness (QED) is 0.565. The van der Waals surface area contributed by atoms with Crippen LogP contribution < -0.4 is 0 Å². The maximum Gasteiger partial charge on any atom is 0.508 e. The van der Waals surface area contributed by atoms with Crippen molar-refractivity contribution in [2.75, 3.05) is 13.2 Å². The number of ether oxygens (including phenoxy) is 2. The van der Waals surface area contributed by atoms with Crippen LogP contribution in [0.1, 0.15) is 18.4 Å². The smallest absolute Gasteiger partial charge is 0.435 e. The van der Waals surface area contributed by atoms with Crippen LogP contribution >= 0.6 is 0 Å². The first-order valence-electron chi connectivity index (χ1n) is 5.25. The Morgan fingerprint density at radius 3 is 2.62 bits per heavy atom. The minimum atomic E-state index is -0.634. The van der Waals surface area contributed by atoms with E-state index in [1.54, 1.807) is 13.0 Å². The summed E-state index contributed by atoms with van der Waals surface area (Å²) in [6.45, 7) is 6.05. The Labute approximate surface area is 95.7 Å². The molecule has 3 heteroatoms. The third-order valence-electron chi connectivity index (χ3n) is 2.16. The Kier molecular flexibility index (Phi) is 5.12. The van der Waals surface area contributed by atoms with Gasteiger partial charge < -0.3 is 9.47 Å². The zero-order valence-electron chi connectivity index (χ0n) is 9.39. The van der Waals surface area contributed by atoms with E-state index in [0.29, 0.717) is 6.61 Å². The van der Waals surface area contributed by atoms with Crippen LogP contribution in [0.2, 0.25) is 0 Å². The lowest BCUT2D eigenvalue weighted by atomic mass is 10.0. The van der Waals surface area contributed by atoms with Gasteiger partial charge in [0.15, 0.2) is 0 Å². The first kappa shape index (κ1) is 12.3. The zero-order chi connectivity index (χ0) is 11.8.